The lowest BCUT2D eigenvalue weighted by Crippen LogP contribution is -2.52. The van der Waals surface area contributed by atoms with Crippen LogP contribution in [-0.4, -0.2) is 62.3 Å². The SMILES string of the molecule is O=C(Nc1ccc(Br)cc1F)C1CCCN(S(=O)(=O)N2CCOCC2)C1. The maximum atomic E-state index is 13.9. The molecule has 0 spiro atoms. The summed E-state index contributed by atoms with van der Waals surface area (Å²) in [4.78, 5) is 12.5. The summed E-state index contributed by atoms with van der Waals surface area (Å²) in [6.07, 6.45) is 1.16. The number of piperidine rings is 1. The molecule has 0 aromatic heterocycles. The molecule has 144 valence electrons. The number of nitrogens with zero attached hydrogens (tertiary/aromatic N) is 2. The number of hydrogen-bond acceptors (Lipinski definition) is 4. The highest BCUT2D eigenvalue weighted by atomic mass is 79.9. The Hall–Kier alpha value is -1.07. The van der Waals surface area contributed by atoms with E-state index in [1.807, 2.05) is 0 Å². The van der Waals surface area contributed by atoms with E-state index in [1.54, 1.807) is 6.07 Å². The molecular formula is C16H21BrFN3O4S. The van der Waals surface area contributed by atoms with E-state index in [9.17, 15) is 17.6 Å². The molecule has 1 aromatic carbocycles. The molecule has 1 aromatic rings. The summed E-state index contributed by atoms with van der Waals surface area (Å²) in [5.74, 6) is -1.42. The first-order valence-corrected chi connectivity index (χ1v) is 10.7. The molecule has 1 amide bonds. The molecule has 0 aliphatic carbocycles. The van der Waals surface area contributed by atoms with Gasteiger partial charge in [-0.25, -0.2) is 4.39 Å². The Morgan fingerprint density at radius 1 is 1.23 bits per heavy atom. The predicted octanol–water partition coefficient (Wildman–Crippen LogP) is 1.82. The van der Waals surface area contributed by atoms with E-state index in [4.69, 9.17) is 4.74 Å². The van der Waals surface area contributed by atoms with Crippen LogP contribution >= 0.6 is 15.9 Å². The van der Waals surface area contributed by atoms with E-state index in [0.29, 0.717) is 50.2 Å². The van der Waals surface area contributed by atoms with Crippen LogP contribution in [0.1, 0.15) is 12.8 Å². The summed E-state index contributed by atoms with van der Waals surface area (Å²) in [7, 11) is -3.61. The van der Waals surface area contributed by atoms with E-state index < -0.39 is 21.9 Å². The van der Waals surface area contributed by atoms with E-state index in [-0.39, 0.29) is 18.1 Å². The monoisotopic (exact) mass is 449 g/mol. The van der Waals surface area contributed by atoms with E-state index >= 15 is 0 Å². The molecule has 2 aliphatic heterocycles. The van der Waals surface area contributed by atoms with Gasteiger partial charge in [-0.15, -0.1) is 0 Å². The van der Waals surface area contributed by atoms with Crippen LogP contribution in [0.5, 0.6) is 0 Å². The number of benzene rings is 1. The smallest absolute Gasteiger partial charge is 0.282 e. The molecule has 1 atom stereocenters. The first-order chi connectivity index (χ1) is 12.4. The molecule has 1 unspecified atom stereocenters. The molecule has 10 heteroatoms. The maximum absolute atomic E-state index is 13.9. The number of anilines is 1. The van der Waals surface area contributed by atoms with E-state index in [1.165, 1.54) is 20.7 Å². The quantitative estimate of drug-likeness (QED) is 0.759. The summed E-state index contributed by atoms with van der Waals surface area (Å²) >= 11 is 3.17. The Balaban J connectivity index is 1.66. The standard InChI is InChI=1S/C16H21BrFN3O4S/c17-13-3-4-15(14(18)10-13)19-16(22)12-2-1-5-21(11-12)26(23,24)20-6-8-25-9-7-20/h3-4,10,12H,1-2,5-9,11H2,(H,19,22). The fourth-order valence-corrected chi connectivity index (χ4v) is 5.13. The number of carbonyl (C=O) groups is 1. The lowest BCUT2D eigenvalue weighted by atomic mass is 9.98. The number of morpholine rings is 1. The summed E-state index contributed by atoms with van der Waals surface area (Å²) in [6, 6.07) is 4.38. The second-order valence-electron chi connectivity index (χ2n) is 6.33. The highest BCUT2D eigenvalue weighted by molar-refractivity contribution is 9.10. The zero-order valence-electron chi connectivity index (χ0n) is 14.2. The van der Waals surface area contributed by atoms with Crippen LogP contribution in [0.2, 0.25) is 0 Å². The molecule has 0 bridgehead atoms. The van der Waals surface area contributed by atoms with Gasteiger partial charge >= 0.3 is 0 Å². The van der Waals surface area contributed by atoms with Crippen LogP contribution in [0, 0.1) is 11.7 Å². The van der Waals surface area contributed by atoms with Gasteiger partial charge in [-0.2, -0.15) is 17.0 Å². The maximum Gasteiger partial charge on any atom is 0.282 e. The van der Waals surface area contributed by atoms with Gasteiger partial charge < -0.3 is 10.1 Å². The van der Waals surface area contributed by atoms with Gasteiger partial charge in [0.05, 0.1) is 24.8 Å². The van der Waals surface area contributed by atoms with Gasteiger partial charge in [0.1, 0.15) is 5.82 Å². The van der Waals surface area contributed by atoms with Gasteiger partial charge in [-0.3, -0.25) is 4.79 Å². The third-order valence-electron chi connectivity index (χ3n) is 4.57. The Morgan fingerprint density at radius 2 is 1.96 bits per heavy atom. The van der Waals surface area contributed by atoms with Crippen molar-refractivity contribution in [3.63, 3.8) is 0 Å². The molecular weight excluding hydrogens is 429 g/mol. The molecule has 2 heterocycles. The molecule has 2 saturated heterocycles. The van der Waals surface area contributed by atoms with E-state index in [0.717, 1.165) is 0 Å². The van der Waals surface area contributed by atoms with Crippen LogP contribution in [0.25, 0.3) is 0 Å². The first-order valence-electron chi connectivity index (χ1n) is 8.47. The number of nitrogens with one attached hydrogen (secondary N) is 1. The highest BCUT2D eigenvalue weighted by Gasteiger charge is 2.36. The largest absolute Gasteiger partial charge is 0.379 e. The Labute approximate surface area is 160 Å². The van der Waals surface area contributed by atoms with Gasteiger partial charge in [0.25, 0.3) is 10.2 Å². The van der Waals surface area contributed by atoms with Gasteiger partial charge in [-0.05, 0) is 31.0 Å². The third kappa shape index (κ3) is 4.42. The molecule has 1 N–H and O–H groups in total. The molecule has 0 saturated carbocycles. The second kappa shape index (κ2) is 8.30. The zero-order valence-corrected chi connectivity index (χ0v) is 16.6. The summed E-state index contributed by atoms with van der Waals surface area (Å²) in [5, 5.41) is 2.57. The van der Waals surface area contributed by atoms with Crippen molar-refractivity contribution in [3.05, 3.63) is 28.5 Å². The minimum Gasteiger partial charge on any atom is -0.379 e. The van der Waals surface area contributed by atoms with Crippen LogP contribution < -0.4 is 5.32 Å². The average molecular weight is 450 g/mol. The highest BCUT2D eigenvalue weighted by Crippen LogP contribution is 2.25. The van der Waals surface area contributed by atoms with Gasteiger partial charge in [0.15, 0.2) is 0 Å². The fourth-order valence-electron chi connectivity index (χ4n) is 3.13. The lowest BCUT2D eigenvalue weighted by molar-refractivity contribution is -0.120. The van der Waals surface area contributed by atoms with Crippen molar-refractivity contribution in [2.45, 2.75) is 12.8 Å². The average Bonchev–Trinajstić information content (AvgIpc) is 2.65. The van der Waals surface area contributed by atoms with Crippen molar-refractivity contribution in [1.82, 2.24) is 8.61 Å². The van der Waals surface area contributed by atoms with Crippen LogP contribution in [0.4, 0.5) is 10.1 Å². The van der Waals surface area contributed by atoms with Crippen molar-refractivity contribution in [2.24, 2.45) is 5.92 Å². The number of halogens is 2. The van der Waals surface area contributed by atoms with Crippen molar-refractivity contribution < 1.29 is 22.3 Å². The Kier molecular flexibility index (Phi) is 6.29. The van der Waals surface area contributed by atoms with Crippen LogP contribution in [0.3, 0.4) is 0 Å². The van der Waals surface area contributed by atoms with Crippen LogP contribution in [0.15, 0.2) is 22.7 Å². The minimum absolute atomic E-state index is 0.0892. The number of carbonyl (C=O) groups excluding carboxylic acids is 1. The summed E-state index contributed by atoms with van der Waals surface area (Å²) < 4.78 is 48.0. The molecule has 26 heavy (non-hydrogen) atoms. The topological polar surface area (TPSA) is 79.0 Å². The number of ether oxygens (including phenoxy) is 1. The third-order valence-corrected chi connectivity index (χ3v) is 7.06. The number of hydrogen-bond donors (Lipinski definition) is 1. The minimum atomic E-state index is -3.61. The van der Waals surface area contributed by atoms with Gasteiger partial charge in [-0.1, -0.05) is 15.9 Å². The summed E-state index contributed by atoms with van der Waals surface area (Å²) in [5.41, 5.74) is 0.0892. The van der Waals surface area contributed by atoms with Crippen molar-refractivity contribution in [3.8, 4) is 0 Å². The lowest BCUT2D eigenvalue weighted by Gasteiger charge is -2.36. The van der Waals surface area contributed by atoms with Crippen molar-refractivity contribution in [2.75, 3.05) is 44.7 Å². The Morgan fingerprint density at radius 3 is 2.65 bits per heavy atom. The predicted molar refractivity (Wildman–Crippen MR) is 98.3 cm³/mol. The van der Waals surface area contributed by atoms with Crippen molar-refractivity contribution in [1.29, 1.82) is 0 Å². The van der Waals surface area contributed by atoms with Crippen LogP contribution in [-0.2, 0) is 19.7 Å². The normalized spacial score (nSPS) is 22.9. The molecule has 0 radical (unpaired) electrons. The Bertz CT molecular complexity index is 771. The second-order valence-corrected chi connectivity index (χ2v) is 9.17. The number of rotatable bonds is 4. The fraction of sp³-hybridized carbons (Fsp3) is 0.562. The first kappa shape index (κ1) is 19.7. The summed E-state index contributed by atoms with van der Waals surface area (Å²) in [6.45, 7) is 1.87. The number of amides is 1. The van der Waals surface area contributed by atoms with Gasteiger partial charge in [0, 0.05) is 30.7 Å². The molecule has 2 fully saturated rings. The zero-order chi connectivity index (χ0) is 18.7. The van der Waals surface area contributed by atoms with Crippen molar-refractivity contribution >= 4 is 37.7 Å². The molecule has 2 aliphatic rings. The van der Waals surface area contributed by atoms with E-state index in [2.05, 4.69) is 21.2 Å². The van der Waals surface area contributed by atoms with Gasteiger partial charge in [0.2, 0.25) is 5.91 Å². The molecule has 7 nitrogen and oxygen atoms in total. The molecule has 3 rings (SSSR count).